The van der Waals surface area contributed by atoms with Crippen molar-refractivity contribution in [2.24, 2.45) is 0 Å². The summed E-state index contributed by atoms with van der Waals surface area (Å²) < 4.78 is 0. The maximum absolute atomic E-state index is 2.41. The Hall–Kier alpha value is -4.94. The van der Waals surface area contributed by atoms with E-state index in [1.165, 1.54) is 76.1 Å². The average Bonchev–Trinajstić information content (AvgIpc) is 3.01. The Morgan fingerprint density at radius 2 is 0.553 bits per heavy atom. The fourth-order valence-corrected chi connectivity index (χ4v) is 6.29. The van der Waals surface area contributed by atoms with Crippen molar-refractivity contribution in [2.75, 3.05) is 0 Å². The Balaban J connectivity index is 1.48. The van der Waals surface area contributed by atoms with E-state index in [2.05, 4.69) is 146 Å². The van der Waals surface area contributed by atoms with Crippen LogP contribution in [0.3, 0.4) is 0 Å². The molecule has 0 aliphatic carbocycles. The van der Waals surface area contributed by atoms with Crippen LogP contribution >= 0.6 is 0 Å². The molecule has 8 rings (SSSR count). The van der Waals surface area contributed by atoms with Crippen LogP contribution in [0.1, 0.15) is 0 Å². The van der Waals surface area contributed by atoms with Gasteiger partial charge in [0.2, 0.25) is 0 Å². The molecule has 0 fully saturated rings. The van der Waals surface area contributed by atoms with Crippen molar-refractivity contribution in [2.45, 2.75) is 0 Å². The van der Waals surface area contributed by atoms with Gasteiger partial charge in [0.05, 0.1) is 0 Å². The van der Waals surface area contributed by atoms with Gasteiger partial charge in [-0.15, -0.1) is 0 Å². The van der Waals surface area contributed by atoms with Gasteiger partial charge in [-0.05, 0) is 82.2 Å². The summed E-state index contributed by atoms with van der Waals surface area (Å²) in [5.41, 5.74) is 4.96. The molecule has 0 N–H and O–H groups in total. The maximum atomic E-state index is 2.41. The van der Waals surface area contributed by atoms with Crippen LogP contribution in [0, 0.1) is 0 Å². The summed E-state index contributed by atoms with van der Waals surface area (Å²) in [6, 6.07) is 53.2. The van der Waals surface area contributed by atoms with Gasteiger partial charge in [-0.25, -0.2) is 0 Å². The molecule has 0 nitrogen and oxygen atoms in total. The minimum Gasteiger partial charge on any atom is -0.0622 e. The summed E-state index contributed by atoms with van der Waals surface area (Å²) in [6.07, 6.45) is 0. The van der Waals surface area contributed by atoms with Gasteiger partial charge in [0.25, 0.3) is 0 Å². The molecule has 0 spiro atoms. The molecule has 0 heteroatoms. The molecule has 0 amide bonds. The monoisotopic (exact) mass is 480 g/mol. The molecule has 0 heterocycles. The lowest BCUT2D eigenvalue weighted by atomic mass is 9.86. The predicted octanol–water partition coefficient (Wildman–Crippen LogP) is 10.8. The van der Waals surface area contributed by atoms with Gasteiger partial charge >= 0.3 is 0 Å². The van der Waals surface area contributed by atoms with Crippen LogP contribution in [0.15, 0.2) is 146 Å². The third-order valence-electron chi connectivity index (χ3n) is 8.03. The van der Waals surface area contributed by atoms with E-state index in [0.717, 1.165) is 0 Å². The van der Waals surface area contributed by atoms with Gasteiger partial charge < -0.3 is 0 Å². The molecule has 0 saturated heterocycles. The van der Waals surface area contributed by atoms with E-state index in [4.69, 9.17) is 0 Å². The fourth-order valence-electron chi connectivity index (χ4n) is 6.29. The Kier molecular flexibility index (Phi) is 4.62. The second-order valence-electron chi connectivity index (χ2n) is 10.1. The number of rotatable bonds is 2. The quantitative estimate of drug-likeness (QED) is 0.216. The third kappa shape index (κ3) is 3.11. The van der Waals surface area contributed by atoms with E-state index in [0.29, 0.717) is 0 Å². The standard InChI is InChI=1S/C38H24/c1-2-10-25(11-3-1)26-18-20-27(21-19-26)28-22-23-32-31-14-6-8-16-34(31)37-33-15-7-4-12-29(33)30-13-5-9-17-35(30)38(37)36(32)24-28/h1-24H. The lowest BCUT2D eigenvalue weighted by molar-refractivity contribution is 1.60. The second kappa shape index (κ2) is 8.30. The van der Waals surface area contributed by atoms with Gasteiger partial charge in [0, 0.05) is 0 Å². The summed E-state index contributed by atoms with van der Waals surface area (Å²) in [5.74, 6) is 0. The van der Waals surface area contributed by atoms with Gasteiger partial charge in [0.15, 0.2) is 0 Å². The zero-order valence-corrected chi connectivity index (χ0v) is 20.9. The third-order valence-corrected chi connectivity index (χ3v) is 8.03. The van der Waals surface area contributed by atoms with E-state index in [1.54, 1.807) is 0 Å². The zero-order chi connectivity index (χ0) is 25.1. The van der Waals surface area contributed by atoms with Crippen LogP contribution in [-0.2, 0) is 0 Å². The highest BCUT2D eigenvalue weighted by atomic mass is 14.2. The van der Waals surface area contributed by atoms with Crippen molar-refractivity contribution in [3.8, 4) is 22.3 Å². The number of hydrogen-bond acceptors (Lipinski definition) is 0. The zero-order valence-electron chi connectivity index (χ0n) is 20.9. The number of fused-ring (bicyclic) bond motifs is 11. The fraction of sp³-hybridized carbons (Fsp3) is 0. The molecule has 0 bridgehead atoms. The first-order valence-corrected chi connectivity index (χ1v) is 13.2. The van der Waals surface area contributed by atoms with Crippen LogP contribution < -0.4 is 0 Å². The smallest absolute Gasteiger partial charge is 0.00137 e. The van der Waals surface area contributed by atoms with E-state index < -0.39 is 0 Å². The molecule has 38 heavy (non-hydrogen) atoms. The Morgan fingerprint density at radius 3 is 1.08 bits per heavy atom. The topological polar surface area (TPSA) is 0 Å². The highest BCUT2D eigenvalue weighted by molar-refractivity contribution is 6.39. The van der Waals surface area contributed by atoms with Crippen molar-refractivity contribution >= 4 is 53.9 Å². The van der Waals surface area contributed by atoms with Crippen LogP contribution in [0.4, 0.5) is 0 Å². The number of benzene rings is 8. The van der Waals surface area contributed by atoms with Gasteiger partial charge in [-0.3, -0.25) is 0 Å². The first-order chi connectivity index (χ1) is 18.9. The normalized spacial score (nSPS) is 11.7. The van der Waals surface area contributed by atoms with Crippen LogP contribution in [0.5, 0.6) is 0 Å². The summed E-state index contributed by atoms with van der Waals surface area (Å²) in [6.45, 7) is 0. The van der Waals surface area contributed by atoms with Crippen molar-refractivity contribution in [1.29, 1.82) is 0 Å². The molecule has 8 aromatic carbocycles. The van der Waals surface area contributed by atoms with Crippen molar-refractivity contribution < 1.29 is 0 Å². The van der Waals surface area contributed by atoms with Gasteiger partial charge in [-0.2, -0.15) is 0 Å². The molecule has 0 radical (unpaired) electrons. The first-order valence-electron chi connectivity index (χ1n) is 13.2. The Labute approximate surface area is 221 Å². The summed E-state index contributed by atoms with van der Waals surface area (Å²) in [5, 5.41) is 13.2. The lowest BCUT2D eigenvalue weighted by Gasteiger charge is -2.17. The first kappa shape index (κ1) is 21.2. The molecule has 0 atom stereocenters. The van der Waals surface area contributed by atoms with Crippen LogP contribution in [0.2, 0.25) is 0 Å². The van der Waals surface area contributed by atoms with E-state index in [9.17, 15) is 0 Å². The van der Waals surface area contributed by atoms with Crippen molar-refractivity contribution in [3.05, 3.63) is 146 Å². The Morgan fingerprint density at radius 1 is 0.211 bits per heavy atom. The minimum absolute atomic E-state index is 1.23. The maximum Gasteiger partial charge on any atom is -0.00137 e. The summed E-state index contributed by atoms with van der Waals surface area (Å²) >= 11 is 0. The molecular weight excluding hydrogens is 456 g/mol. The Bertz CT molecular complexity index is 2130. The highest BCUT2D eigenvalue weighted by Gasteiger charge is 2.16. The molecule has 0 aromatic heterocycles. The van der Waals surface area contributed by atoms with Gasteiger partial charge in [0.1, 0.15) is 0 Å². The molecule has 8 aromatic rings. The molecule has 0 aliphatic heterocycles. The van der Waals surface area contributed by atoms with Crippen LogP contribution in [-0.4, -0.2) is 0 Å². The van der Waals surface area contributed by atoms with Crippen molar-refractivity contribution in [3.63, 3.8) is 0 Å². The lowest BCUT2D eigenvalue weighted by Crippen LogP contribution is -1.89. The van der Waals surface area contributed by atoms with Crippen LogP contribution in [0.25, 0.3) is 76.1 Å². The average molecular weight is 481 g/mol. The largest absolute Gasteiger partial charge is 0.0622 e. The van der Waals surface area contributed by atoms with Gasteiger partial charge in [-0.1, -0.05) is 140 Å². The summed E-state index contributed by atoms with van der Waals surface area (Å²) in [4.78, 5) is 0. The SMILES string of the molecule is c1ccc(-c2ccc(-c3ccc4c5ccccc5c5c6ccccc6c6ccccc6c5c4c3)cc2)cc1. The molecule has 176 valence electrons. The van der Waals surface area contributed by atoms with E-state index >= 15 is 0 Å². The number of hydrogen-bond donors (Lipinski definition) is 0. The van der Waals surface area contributed by atoms with E-state index in [1.807, 2.05) is 0 Å². The minimum atomic E-state index is 1.23. The molecule has 0 unspecified atom stereocenters. The highest BCUT2D eigenvalue weighted by Crippen LogP contribution is 2.44. The molecule has 0 aliphatic rings. The second-order valence-corrected chi connectivity index (χ2v) is 10.1. The summed E-state index contributed by atoms with van der Waals surface area (Å²) in [7, 11) is 0. The predicted molar refractivity (Wildman–Crippen MR) is 165 cm³/mol. The molecule has 0 saturated carbocycles. The van der Waals surface area contributed by atoms with E-state index in [-0.39, 0.29) is 0 Å². The van der Waals surface area contributed by atoms with Crippen molar-refractivity contribution in [1.82, 2.24) is 0 Å². The molecular formula is C38H24.